The summed E-state index contributed by atoms with van der Waals surface area (Å²) in [7, 11) is 0. The fourth-order valence-corrected chi connectivity index (χ4v) is 4.87. The first kappa shape index (κ1) is 20.0. The van der Waals surface area contributed by atoms with Crippen LogP contribution in [0.5, 0.6) is 0 Å². The van der Waals surface area contributed by atoms with Crippen LogP contribution in [-0.2, 0) is 11.3 Å². The lowest BCUT2D eigenvalue weighted by Crippen LogP contribution is -2.35. The van der Waals surface area contributed by atoms with E-state index < -0.39 is 0 Å². The summed E-state index contributed by atoms with van der Waals surface area (Å²) < 4.78 is 7.14. The van der Waals surface area contributed by atoms with E-state index in [2.05, 4.69) is 23.2 Å². The normalized spacial score (nSPS) is 19.3. The lowest BCUT2D eigenvalue weighted by atomic mass is 10.0. The lowest BCUT2D eigenvalue weighted by Gasteiger charge is -2.20. The first-order valence-corrected chi connectivity index (χ1v) is 11.5. The summed E-state index contributed by atoms with van der Waals surface area (Å²) in [4.78, 5) is 27.2. The molecule has 7 nitrogen and oxygen atoms in total. The third kappa shape index (κ3) is 3.57. The van der Waals surface area contributed by atoms with Gasteiger partial charge in [0.25, 0.3) is 0 Å². The molecular weight excluding hydrogens is 416 g/mol. The molecule has 6 rings (SSSR count). The summed E-state index contributed by atoms with van der Waals surface area (Å²) in [6.07, 6.45) is 4.59. The Kier molecular flexibility index (Phi) is 4.54. The van der Waals surface area contributed by atoms with E-state index in [0.29, 0.717) is 18.9 Å². The summed E-state index contributed by atoms with van der Waals surface area (Å²) in [5, 5.41) is 7.98. The topological polar surface area (TPSA) is 84.1 Å². The molecular formula is C26H26N4O3. The van der Waals surface area contributed by atoms with Gasteiger partial charge in [-0.3, -0.25) is 9.36 Å². The number of nitrogens with zero attached hydrogens (tertiary/aromatic N) is 3. The standard InChI is InChI=1S/C26H26N4O3/c1-26(10-11-26)24(31)29-12-8-17(15-29)16-30-23(27-28-25(30)32)19-4-2-18(3-5-19)20-6-7-22-21(14-20)9-13-33-22/h2-7,9,13-14,17H,8,10-12,15-16H2,1H3,(H,28,32). The van der Waals surface area contributed by atoms with Crippen LogP contribution in [0.1, 0.15) is 26.2 Å². The highest BCUT2D eigenvalue weighted by molar-refractivity contribution is 5.85. The summed E-state index contributed by atoms with van der Waals surface area (Å²) in [5.74, 6) is 1.16. The van der Waals surface area contributed by atoms with Gasteiger partial charge in [-0.05, 0) is 54.5 Å². The Bertz CT molecular complexity index is 1390. The molecule has 1 aliphatic heterocycles. The van der Waals surface area contributed by atoms with Crippen molar-refractivity contribution in [3.05, 3.63) is 65.3 Å². The Labute approximate surface area is 191 Å². The number of aromatic nitrogens is 3. The molecule has 0 radical (unpaired) electrons. The van der Waals surface area contributed by atoms with Crippen molar-refractivity contribution in [1.82, 2.24) is 19.7 Å². The van der Waals surface area contributed by atoms with Crippen LogP contribution in [0.4, 0.5) is 0 Å². The first-order valence-electron chi connectivity index (χ1n) is 11.5. The molecule has 2 aromatic carbocycles. The molecule has 1 aliphatic carbocycles. The Morgan fingerprint density at radius 3 is 2.67 bits per heavy atom. The second-order valence-corrected chi connectivity index (χ2v) is 9.68. The van der Waals surface area contributed by atoms with Crippen LogP contribution < -0.4 is 5.69 Å². The number of hydrogen-bond donors (Lipinski definition) is 1. The van der Waals surface area contributed by atoms with Crippen LogP contribution in [0.2, 0.25) is 0 Å². The van der Waals surface area contributed by atoms with Crippen molar-refractivity contribution in [2.24, 2.45) is 11.3 Å². The number of benzene rings is 2. The van der Waals surface area contributed by atoms with Gasteiger partial charge in [-0.1, -0.05) is 37.3 Å². The number of carbonyl (C=O) groups excluding carboxylic acids is 1. The number of H-pyrrole nitrogens is 1. The van der Waals surface area contributed by atoms with Gasteiger partial charge in [-0.25, -0.2) is 9.89 Å². The number of likely N-dealkylation sites (tertiary alicyclic amines) is 1. The van der Waals surface area contributed by atoms with E-state index >= 15 is 0 Å². The highest BCUT2D eigenvalue weighted by atomic mass is 16.3. The minimum Gasteiger partial charge on any atom is -0.464 e. The molecule has 2 aliphatic rings. The zero-order valence-electron chi connectivity index (χ0n) is 18.6. The quantitative estimate of drug-likeness (QED) is 0.499. The SMILES string of the molecule is CC1(C(=O)N2CCC(Cn3c(-c4ccc(-c5ccc6occc6c5)cc4)n[nH]c3=O)C2)CC1. The van der Waals surface area contributed by atoms with Crippen LogP contribution in [0, 0.1) is 11.3 Å². The minimum atomic E-state index is -0.210. The average molecular weight is 443 g/mol. The number of aromatic amines is 1. The first-order chi connectivity index (χ1) is 16.0. The van der Waals surface area contributed by atoms with E-state index in [0.717, 1.165) is 53.5 Å². The predicted molar refractivity (Wildman–Crippen MR) is 126 cm³/mol. The average Bonchev–Trinajstić information content (AvgIpc) is 3.19. The van der Waals surface area contributed by atoms with Crippen LogP contribution in [-0.4, -0.2) is 38.7 Å². The molecule has 1 unspecified atom stereocenters. The van der Waals surface area contributed by atoms with Crippen LogP contribution in [0.15, 0.2) is 64.0 Å². The molecule has 7 heteroatoms. The van der Waals surface area contributed by atoms with Gasteiger partial charge >= 0.3 is 5.69 Å². The Morgan fingerprint density at radius 1 is 1.12 bits per heavy atom. The third-order valence-corrected chi connectivity index (χ3v) is 7.22. The van der Waals surface area contributed by atoms with E-state index in [-0.39, 0.29) is 22.9 Å². The minimum absolute atomic E-state index is 0.142. The highest BCUT2D eigenvalue weighted by Crippen LogP contribution is 2.47. The second-order valence-electron chi connectivity index (χ2n) is 9.68. The smallest absolute Gasteiger partial charge is 0.343 e. The fourth-order valence-electron chi connectivity index (χ4n) is 4.87. The molecule has 1 saturated carbocycles. The van der Waals surface area contributed by atoms with Crippen molar-refractivity contribution in [3.8, 4) is 22.5 Å². The maximum Gasteiger partial charge on any atom is 0.343 e. The monoisotopic (exact) mass is 442 g/mol. The molecule has 1 amide bonds. The maximum atomic E-state index is 12.7. The van der Waals surface area contributed by atoms with Crippen LogP contribution in [0.25, 0.3) is 33.5 Å². The number of hydrogen-bond acceptors (Lipinski definition) is 4. The van der Waals surface area contributed by atoms with E-state index in [1.54, 1.807) is 10.8 Å². The van der Waals surface area contributed by atoms with Crippen molar-refractivity contribution in [1.29, 1.82) is 0 Å². The lowest BCUT2D eigenvalue weighted by molar-refractivity contribution is -0.135. The van der Waals surface area contributed by atoms with Crippen molar-refractivity contribution in [2.75, 3.05) is 13.1 Å². The molecule has 33 heavy (non-hydrogen) atoms. The van der Waals surface area contributed by atoms with E-state index in [4.69, 9.17) is 4.42 Å². The Morgan fingerprint density at radius 2 is 1.88 bits per heavy atom. The molecule has 0 bridgehead atoms. The van der Waals surface area contributed by atoms with Crippen LogP contribution >= 0.6 is 0 Å². The molecule has 0 spiro atoms. The zero-order chi connectivity index (χ0) is 22.6. The van der Waals surface area contributed by atoms with Crippen LogP contribution in [0.3, 0.4) is 0 Å². The largest absolute Gasteiger partial charge is 0.464 e. The maximum absolute atomic E-state index is 12.7. The number of rotatable bonds is 5. The fraction of sp³-hybridized carbons (Fsp3) is 0.346. The van der Waals surface area contributed by atoms with E-state index in [1.165, 1.54) is 0 Å². The van der Waals surface area contributed by atoms with Crippen molar-refractivity contribution in [3.63, 3.8) is 0 Å². The molecule has 1 N–H and O–H groups in total. The summed E-state index contributed by atoms with van der Waals surface area (Å²) in [6.45, 7) is 4.10. The molecule has 1 atom stereocenters. The van der Waals surface area contributed by atoms with Gasteiger partial charge in [-0.15, -0.1) is 0 Å². The molecule has 2 fully saturated rings. The van der Waals surface area contributed by atoms with Gasteiger partial charge < -0.3 is 9.32 Å². The summed E-state index contributed by atoms with van der Waals surface area (Å²) in [5.41, 5.74) is 3.60. The number of amides is 1. The molecule has 3 heterocycles. The zero-order valence-corrected chi connectivity index (χ0v) is 18.6. The van der Waals surface area contributed by atoms with Crippen molar-refractivity contribution < 1.29 is 9.21 Å². The van der Waals surface area contributed by atoms with E-state index in [1.807, 2.05) is 47.4 Å². The molecule has 168 valence electrons. The summed E-state index contributed by atoms with van der Waals surface area (Å²) in [6, 6.07) is 16.2. The predicted octanol–water partition coefficient (Wildman–Crippen LogP) is 4.30. The third-order valence-electron chi connectivity index (χ3n) is 7.22. The Hall–Kier alpha value is -3.61. The van der Waals surface area contributed by atoms with Gasteiger partial charge in [0.15, 0.2) is 5.82 Å². The van der Waals surface area contributed by atoms with Gasteiger partial charge in [0.1, 0.15) is 5.58 Å². The Balaban J connectivity index is 1.21. The van der Waals surface area contributed by atoms with Crippen molar-refractivity contribution >= 4 is 16.9 Å². The number of furan rings is 1. The van der Waals surface area contributed by atoms with Gasteiger partial charge in [0.05, 0.1) is 6.26 Å². The number of fused-ring (bicyclic) bond motifs is 1. The van der Waals surface area contributed by atoms with Crippen molar-refractivity contribution in [2.45, 2.75) is 32.7 Å². The second kappa shape index (κ2) is 7.47. The highest BCUT2D eigenvalue weighted by Gasteiger charge is 2.48. The number of carbonyl (C=O) groups is 1. The summed E-state index contributed by atoms with van der Waals surface area (Å²) >= 11 is 0. The van der Waals surface area contributed by atoms with Gasteiger partial charge in [0.2, 0.25) is 5.91 Å². The molecule has 2 aromatic heterocycles. The van der Waals surface area contributed by atoms with E-state index in [9.17, 15) is 9.59 Å². The molecule has 1 saturated heterocycles. The van der Waals surface area contributed by atoms with Gasteiger partial charge in [-0.2, -0.15) is 5.10 Å². The number of nitrogens with one attached hydrogen (secondary N) is 1. The molecule has 4 aromatic rings. The van der Waals surface area contributed by atoms with Gasteiger partial charge in [0, 0.05) is 36.0 Å².